The van der Waals surface area contributed by atoms with Gasteiger partial charge in [-0.2, -0.15) is 0 Å². The van der Waals surface area contributed by atoms with Crippen LogP contribution in [0.5, 0.6) is 0 Å². The van der Waals surface area contributed by atoms with Crippen LogP contribution < -0.4 is 5.32 Å². The van der Waals surface area contributed by atoms with Crippen LogP contribution in [0.2, 0.25) is 0 Å². The Morgan fingerprint density at radius 1 is 1.38 bits per heavy atom. The van der Waals surface area contributed by atoms with Gasteiger partial charge >= 0.3 is 0 Å². The minimum atomic E-state index is -0.322. The Morgan fingerprint density at radius 2 is 2.00 bits per heavy atom. The average Bonchev–Trinajstić information content (AvgIpc) is 2.44. The van der Waals surface area contributed by atoms with Gasteiger partial charge in [-0.1, -0.05) is 19.9 Å². The first-order chi connectivity index (χ1) is 9.45. The van der Waals surface area contributed by atoms with Gasteiger partial charge in [0.05, 0.1) is 4.47 Å². The van der Waals surface area contributed by atoms with Gasteiger partial charge in [0.2, 0.25) is 0 Å². The van der Waals surface area contributed by atoms with Crippen molar-refractivity contribution in [3.8, 4) is 0 Å². The summed E-state index contributed by atoms with van der Waals surface area (Å²) in [5.74, 6) is -0.253. The highest BCUT2D eigenvalue weighted by atomic mass is 79.9. The lowest BCUT2D eigenvalue weighted by atomic mass is 9.79. The summed E-state index contributed by atoms with van der Waals surface area (Å²) in [6.07, 6.45) is 0. The van der Waals surface area contributed by atoms with Gasteiger partial charge < -0.3 is 10.4 Å². The van der Waals surface area contributed by atoms with Crippen molar-refractivity contribution < 1.29 is 9.50 Å². The normalized spacial score (nSPS) is 18.1. The minimum Gasteiger partial charge on any atom is -0.396 e. The molecule has 1 aliphatic rings. The molecule has 0 amide bonds. The summed E-state index contributed by atoms with van der Waals surface area (Å²) in [6, 6.07) is 5.27. The Bertz CT molecular complexity index is 467. The van der Waals surface area contributed by atoms with Crippen LogP contribution in [0.4, 0.5) is 4.39 Å². The number of aliphatic hydroxyl groups is 1. The number of hydrogen-bond donors (Lipinski definition) is 2. The molecule has 6 heteroatoms. The maximum atomic E-state index is 13.9. The lowest BCUT2D eigenvalue weighted by molar-refractivity contribution is 0.0304. The van der Waals surface area contributed by atoms with E-state index >= 15 is 0 Å². The maximum Gasteiger partial charge on any atom is 0.137 e. The summed E-state index contributed by atoms with van der Waals surface area (Å²) in [5.41, 5.74) is 0.601. The van der Waals surface area contributed by atoms with Crippen LogP contribution in [0, 0.1) is 11.2 Å². The van der Waals surface area contributed by atoms with Crippen molar-refractivity contribution >= 4 is 28.3 Å². The predicted octanol–water partition coefficient (Wildman–Crippen LogP) is 2.97. The second-order valence-corrected chi connectivity index (χ2v) is 6.86. The number of piperazine rings is 1. The highest BCUT2D eigenvalue weighted by Crippen LogP contribution is 2.39. The first kappa shape index (κ1) is 18.8. The standard InChI is InChI=1S/C15H22BrFN2O.ClH/c1-15(2,10-20)14(19-7-5-18-6-8-19)11-3-4-12(16)13(17)9-11;/h3-4,9,14,18,20H,5-8,10H2,1-2H3;1H/t14-;/m0./s1. The van der Waals surface area contributed by atoms with E-state index in [1.54, 1.807) is 12.1 Å². The zero-order valence-corrected chi connectivity index (χ0v) is 14.8. The van der Waals surface area contributed by atoms with Crippen LogP contribution in [0.1, 0.15) is 25.5 Å². The predicted molar refractivity (Wildman–Crippen MR) is 89.4 cm³/mol. The molecule has 0 saturated carbocycles. The van der Waals surface area contributed by atoms with Crippen molar-refractivity contribution in [1.82, 2.24) is 10.2 Å². The van der Waals surface area contributed by atoms with Gasteiger partial charge in [0, 0.05) is 44.2 Å². The van der Waals surface area contributed by atoms with Crippen LogP contribution in [0.3, 0.4) is 0 Å². The molecule has 2 N–H and O–H groups in total. The van der Waals surface area contributed by atoms with Crippen LogP contribution in [0.15, 0.2) is 22.7 Å². The summed E-state index contributed by atoms with van der Waals surface area (Å²) >= 11 is 3.19. The Balaban J connectivity index is 0.00000220. The van der Waals surface area contributed by atoms with E-state index in [1.807, 2.05) is 19.9 Å². The molecule has 0 bridgehead atoms. The van der Waals surface area contributed by atoms with Crippen molar-refractivity contribution in [2.75, 3.05) is 32.8 Å². The monoisotopic (exact) mass is 380 g/mol. The average molecular weight is 382 g/mol. The Kier molecular flexibility index (Phi) is 7.07. The second-order valence-electron chi connectivity index (χ2n) is 6.01. The molecule has 1 saturated heterocycles. The summed E-state index contributed by atoms with van der Waals surface area (Å²) in [4.78, 5) is 2.33. The highest BCUT2D eigenvalue weighted by molar-refractivity contribution is 9.10. The largest absolute Gasteiger partial charge is 0.396 e. The Labute approximate surface area is 140 Å². The molecule has 1 aromatic rings. The van der Waals surface area contributed by atoms with Crippen LogP contribution in [-0.4, -0.2) is 42.8 Å². The van der Waals surface area contributed by atoms with Crippen molar-refractivity contribution in [2.45, 2.75) is 19.9 Å². The molecule has 0 aliphatic carbocycles. The minimum absolute atomic E-state index is 0. The zero-order valence-electron chi connectivity index (χ0n) is 12.4. The van der Waals surface area contributed by atoms with Gasteiger partial charge in [0.15, 0.2) is 0 Å². The first-order valence-corrected chi connectivity index (χ1v) is 7.75. The molecule has 1 aliphatic heterocycles. The molecular formula is C15H23BrClFN2O. The van der Waals surface area contributed by atoms with Crippen LogP contribution >= 0.6 is 28.3 Å². The quantitative estimate of drug-likeness (QED) is 0.842. The van der Waals surface area contributed by atoms with Crippen molar-refractivity contribution in [2.24, 2.45) is 5.41 Å². The van der Waals surface area contributed by atoms with Crippen LogP contribution in [-0.2, 0) is 0 Å². The fraction of sp³-hybridized carbons (Fsp3) is 0.600. The van der Waals surface area contributed by atoms with E-state index in [4.69, 9.17) is 0 Å². The summed E-state index contributed by atoms with van der Waals surface area (Å²) < 4.78 is 14.3. The van der Waals surface area contributed by atoms with Gasteiger partial charge in [-0.05, 0) is 33.6 Å². The smallest absolute Gasteiger partial charge is 0.137 e. The lowest BCUT2D eigenvalue weighted by Gasteiger charge is -2.43. The van der Waals surface area contributed by atoms with Gasteiger partial charge in [-0.3, -0.25) is 4.90 Å². The molecule has 120 valence electrons. The number of benzene rings is 1. The fourth-order valence-electron chi connectivity index (χ4n) is 2.87. The molecule has 1 heterocycles. The van der Waals surface area contributed by atoms with E-state index in [0.717, 1.165) is 31.7 Å². The number of aliphatic hydroxyl groups excluding tert-OH is 1. The first-order valence-electron chi connectivity index (χ1n) is 6.96. The number of halogens is 3. The van der Waals surface area contributed by atoms with E-state index in [-0.39, 0.29) is 36.3 Å². The van der Waals surface area contributed by atoms with Gasteiger partial charge in [-0.15, -0.1) is 12.4 Å². The Hall–Kier alpha value is -0.200. The number of hydrogen-bond acceptors (Lipinski definition) is 3. The third-order valence-electron chi connectivity index (χ3n) is 3.92. The van der Waals surface area contributed by atoms with Crippen LogP contribution in [0.25, 0.3) is 0 Å². The molecule has 1 aromatic carbocycles. The number of rotatable bonds is 4. The van der Waals surface area contributed by atoms with Crippen molar-refractivity contribution in [3.05, 3.63) is 34.1 Å². The molecule has 21 heavy (non-hydrogen) atoms. The zero-order chi connectivity index (χ0) is 14.8. The van der Waals surface area contributed by atoms with Crippen molar-refractivity contribution in [3.63, 3.8) is 0 Å². The van der Waals surface area contributed by atoms with E-state index in [9.17, 15) is 9.50 Å². The lowest BCUT2D eigenvalue weighted by Crippen LogP contribution is -2.49. The summed E-state index contributed by atoms with van der Waals surface area (Å²) in [5, 5.41) is 13.1. The van der Waals surface area contributed by atoms with E-state index in [1.165, 1.54) is 0 Å². The van der Waals surface area contributed by atoms with Gasteiger partial charge in [0.1, 0.15) is 5.82 Å². The van der Waals surface area contributed by atoms with E-state index < -0.39 is 0 Å². The molecule has 0 unspecified atom stereocenters. The van der Waals surface area contributed by atoms with Crippen molar-refractivity contribution in [1.29, 1.82) is 0 Å². The SMILES string of the molecule is CC(C)(CO)[C@H](c1ccc(Br)c(F)c1)N1CCNCC1.Cl. The van der Waals surface area contributed by atoms with Gasteiger partial charge in [-0.25, -0.2) is 4.39 Å². The fourth-order valence-corrected chi connectivity index (χ4v) is 3.11. The number of nitrogens with zero attached hydrogens (tertiary/aromatic N) is 1. The topological polar surface area (TPSA) is 35.5 Å². The summed E-state index contributed by atoms with van der Waals surface area (Å²) in [6.45, 7) is 7.80. The Morgan fingerprint density at radius 3 is 2.52 bits per heavy atom. The molecule has 0 radical (unpaired) electrons. The van der Waals surface area contributed by atoms with Gasteiger partial charge in [0.25, 0.3) is 0 Å². The van der Waals surface area contributed by atoms with E-state index in [2.05, 4.69) is 26.1 Å². The second kappa shape index (κ2) is 7.88. The highest BCUT2D eigenvalue weighted by Gasteiger charge is 2.35. The molecular weight excluding hydrogens is 359 g/mol. The van der Waals surface area contributed by atoms with E-state index in [0.29, 0.717) is 4.47 Å². The molecule has 0 spiro atoms. The molecule has 0 aromatic heterocycles. The third-order valence-corrected chi connectivity index (χ3v) is 4.57. The maximum absolute atomic E-state index is 13.9. The third kappa shape index (κ3) is 4.39. The molecule has 1 atom stereocenters. The molecule has 3 nitrogen and oxygen atoms in total. The molecule has 2 rings (SSSR count). The summed E-state index contributed by atoms with van der Waals surface area (Å²) in [7, 11) is 0. The molecule has 1 fully saturated rings. The number of nitrogens with one attached hydrogen (secondary N) is 1.